The zero-order valence-electron chi connectivity index (χ0n) is 36.2. The van der Waals surface area contributed by atoms with Gasteiger partial charge >= 0.3 is 6.18 Å². The minimum Gasteiger partial charge on any atom is -0.345 e. The molecular weight excluding hydrogens is 824 g/mol. The van der Waals surface area contributed by atoms with Crippen molar-refractivity contribution in [2.24, 2.45) is 0 Å². The molecule has 6 heterocycles. The van der Waals surface area contributed by atoms with Gasteiger partial charge in [0.05, 0.1) is 35.7 Å². The molecule has 3 aromatic heterocycles. The lowest BCUT2D eigenvalue weighted by molar-refractivity contribution is -0.182. The van der Waals surface area contributed by atoms with Crippen LogP contribution in [0.3, 0.4) is 0 Å². The maximum Gasteiger partial charge on any atom is 0.401 e. The number of amides is 3. The van der Waals surface area contributed by atoms with Crippen molar-refractivity contribution in [3.05, 3.63) is 113 Å². The average Bonchev–Trinajstić information content (AvgIpc) is 4.07. The molecule has 334 valence electrons. The van der Waals surface area contributed by atoms with Gasteiger partial charge in [0.25, 0.3) is 11.8 Å². The zero-order chi connectivity index (χ0) is 44.8. The lowest BCUT2D eigenvalue weighted by Crippen LogP contribution is -2.47. The molecule has 9 rings (SSSR count). The Morgan fingerprint density at radius 2 is 1.62 bits per heavy atom. The fourth-order valence-electron chi connectivity index (χ4n) is 9.30. The van der Waals surface area contributed by atoms with Gasteiger partial charge in [-0.3, -0.25) is 34.4 Å². The number of benzene rings is 3. The third kappa shape index (κ3) is 8.82. The summed E-state index contributed by atoms with van der Waals surface area (Å²) >= 11 is 0. The number of aromatic amines is 1. The summed E-state index contributed by atoms with van der Waals surface area (Å²) in [6.07, 6.45) is 5.76. The summed E-state index contributed by atoms with van der Waals surface area (Å²) < 4.78 is 43.6. The fraction of sp³-hybridized carbons (Fsp3) is 0.426. The molecule has 0 spiro atoms. The Labute approximate surface area is 368 Å². The molecule has 0 radical (unpaired) electrons. The monoisotopic (exact) mass is 875 g/mol. The van der Waals surface area contributed by atoms with Crippen LogP contribution >= 0.6 is 0 Å². The van der Waals surface area contributed by atoms with Crippen LogP contribution < -0.4 is 10.6 Å². The Morgan fingerprint density at radius 3 is 2.34 bits per heavy atom. The van der Waals surface area contributed by atoms with Crippen molar-refractivity contribution in [2.45, 2.75) is 102 Å². The quantitative estimate of drug-likeness (QED) is 0.118. The molecule has 0 bridgehead atoms. The topological polar surface area (TPSA) is 159 Å². The van der Waals surface area contributed by atoms with E-state index in [-0.39, 0.29) is 24.2 Å². The van der Waals surface area contributed by atoms with Gasteiger partial charge in [-0.1, -0.05) is 36.4 Å². The predicted molar refractivity (Wildman–Crippen MR) is 233 cm³/mol. The van der Waals surface area contributed by atoms with Crippen LogP contribution in [-0.4, -0.2) is 101 Å². The van der Waals surface area contributed by atoms with Crippen LogP contribution in [0.4, 0.5) is 13.2 Å². The van der Waals surface area contributed by atoms with Gasteiger partial charge in [-0.25, -0.2) is 9.67 Å². The van der Waals surface area contributed by atoms with Crippen molar-refractivity contribution < 1.29 is 27.6 Å². The molecule has 14 nitrogen and oxygen atoms in total. The fourth-order valence-corrected chi connectivity index (χ4v) is 9.30. The Hall–Kier alpha value is -6.20. The SMILES string of the molecule is Cc1cc(-c2ccc(CN3CCC(N4CCC(c5ccc6c(cnn6C6CCC(=O)NC6=O)c5)CC4)CC3)cc2)ccc1-n1cc(C(=O)NCc2nc(C(C)(C)C(F)(F)F)n[nH]2)cn1. The minimum atomic E-state index is -4.52. The van der Waals surface area contributed by atoms with Crippen molar-refractivity contribution in [2.75, 3.05) is 26.2 Å². The number of H-pyrrole nitrogens is 1. The Balaban J connectivity index is 0.728. The number of aryl methyl sites for hydroxylation is 1. The number of halogens is 3. The molecule has 0 saturated carbocycles. The predicted octanol–water partition coefficient (Wildman–Crippen LogP) is 6.91. The van der Waals surface area contributed by atoms with Gasteiger partial charge in [0.2, 0.25) is 5.91 Å². The molecule has 3 saturated heterocycles. The first-order valence-electron chi connectivity index (χ1n) is 22.0. The average molecular weight is 876 g/mol. The number of piperidine rings is 3. The summed E-state index contributed by atoms with van der Waals surface area (Å²) in [6, 6.07) is 21.5. The lowest BCUT2D eigenvalue weighted by Gasteiger charge is -2.42. The highest BCUT2D eigenvalue weighted by molar-refractivity contribution is 6.00. The van der Waals surface area contributed by atoms with Gasteiger partial charge in [-0.2, -0.15) is 28.5 Å². The third-order valence-corrected chi connectivity index (χ3v) is 13.4. The molecule has 3 aliphatic rings. The van der Waals surface area contributed by atoms with Crippen LogP contribution in [0, 0.1) is 6.92 Å². The summed E-state index contributed by atoms with van der Waals surface area (Å²) in [7, 11) is 0. The van der Waals surface area contributed by atoms with E-state index in [1.807, 2.05) is 25.3 Å². The van der Waals surface area contributed by atoms with E-state index >= 15 is 0 Å². The van der Waals surface area contributed by atoms with E-state index in [1.165, 1.54) is 30.2 Å². The van der Waals surface area contributed by atoms with Crippen molar-refractivity contribution in [1.29, 1.82) is 0 Å². The van der Waals surface area contributed by atoms with E-state index in [0.29, 0.717) is 30.4 Å². The first-order valence-corrected chi connectivity index (χ1v) is 22.0. The summed E-state index contributed by atoms with van der Waals surface area (Å²) in [6.45, 7) is 9.14. The van der Waals surface area contributed by atoms with Gasteiger partial charge < -0.3 is 10.2 Å². The van der Waals surface area contributed by atoms with Crippen molar-refractivity contribution in [1.82, 2.24) is 55.2 Å². The Kier molecular flexibility index (Phi) is 11.7. The van der Waals surface area contributed by atoms with Crippen LogP contribution in [0.2, 0.25) is 0 Å². The standard InChI is InChI=1S/C47H52F3N11O3/c1-29-22-33(8-10-38(29)60-28-36(25-52-60)43(63)51-26-41-54-45(57-56-41)46(2,3)47(48,49)50)31-6-4-30(5-7-31)27-58-18-16-37(17-19-58)59-20-14-32(15-21-59)34-9-11-39-35(23-34)24-53-61(39)40-12-13-42(62)55-44(40)64/h4-11,22-25,28,32,37,40H,12-21,26-27H2,1-3H3,(H,51,63)(H,54,56,57)(H,55,62,64). The van der Waals surface area contributed by atoms with Crippen molar-refractivity contribution in [3.63, 3.8) is 0 Å². The number of alkyl halides is 3. The van der Waals surface area contributed by atoms with Gasteiger partial charge in [0.15, 0.2) is 5.82 Å². The molecule has 3 fully saturated rings. The summed E-state index contributed by atoms with van der Waals surface area (Å²) in [5.74, 6) is -0.721. The molecular formula is C47H52F3N11O3. The zero-order valence-corrected chi connectivity index (χ0v) is 36.2. The normalized spacial score (nSPS) is 18.8. The lowest BCUT2D eigenvalue weighted by atomic mass is 9.87. The van der Waals surface area contributed by atoms with Crippen LogP contribution in [0.15, 0.2) is 79.3 Å². The molecule has 3 aliphatic heterocycles. The van der Waals surface area contributed by atoms with Crippen LogP contribution in [0.1, 0.15) is 103 Å². The first kappa shape index (κ1) is 43.1. The summed E-state index contributed by atoms with van der Waals surface area (Å²) in [5, 5.41) is 21.3. The number of imide groups is 1. The smallest absolute Gasteiger partial charge is 0.345 e. The van der Waals surface area contributed by atoms with E-state index in [4.69, 9.17) is 0 Å². The van der Waals surface area contributed by atoms with Crippen LogP contribution in [0.25, 0.3) is 27.7 Å². The number of likely N-dealkylation sites (tertiary alicyclic amines) is 2. The number of carbonyl (C=O) groups is 3. The molecule has 3 N–H and O–H groups in total. The number of rotatable bonds is 11. The third-order valence-electron chi connectivity index (χ3n) is 13.4. The summed E-state index contributed by atoms with van der Waals surface area (Å²) in [5.41, 5.74) is 5.58. The number of fused-ring (bicyclic) bond motifs is 1. The van der Waals surface area contributed by atoms with Crippen molar-refractivity contribution >= 4 is 28.6 Å². The summed E-state index contributed by atoms with van der Waals surface area (Å²) in [4.78, 5) is 46.2. The molecule has 0 aliphatic carbocycles. The highest BCUT2D eigenvalue weighted by atomic mass is 19.4. The van der Waals surface area contributed by atoms with Crippen LogP contribution in [-0.2, 0) is 28.1 Å². The highest BCUT2D eigenvalue weighted by Gasteiger charge is 2.51. The molecule has 3 amide bonds. The number of nitrogens with zero attached hydrogens (tertiary/aromatic N) is 8. The van der Waals surface area contributed by atoms with E-state index in [2.05, 4.69) is 94.3 Å². The maximum atomic E-state index is 13.4. The van der Waals surface area contributed by atoms with E-state index < -0.39 is 29.4 Å². The molecule has 64 heavy (non-hydrogen) atoms. The number of nitrogens with one attached hydrogen (secondary N) is 3. The first-order chi connectivity index (χ1) is 30.7. The second kappa shape index (κ2) is 17.4. The van der Waals surface area contributed by atoms with Gasteiger partial charge in [-0.15, -0.1) is 0 Å². The second-order valence-corrected chi connectivity index (χ2v) is 18.0. The van der Waals surface area contributed by atoms with E-state index in [9.17, 15) is 27.6 Å². The van der Waals surface area contributed by atoms with Gasteiger partial charge in [0, 0.05) is 30.6 Å². The number of carbonyl (C=O) groups excluding carboxylic acids is 3. The number of aromatic nitrogens is 7. The van der Waals surface area contributed by atoms with Crippen molar-refractivity contribution in [3.8, 4) is 16.8 Å². The number of hydrogen-bond acceptors (Lipinski definition) is 9. The molecule has 1 unspecified atom stereocenters. The van der Waals surface area contributed by atoms with Gasteiger partial charge in [-0.05, 0) is 137 Å². The molecule has 6 aromatic rings. The van der Waals surface area contributed by atoms with E-state index in [0.717, 1.165) is 92.7 Å². The minimum absolute atomic E-state index is 0.117. The number of hydrogen-bond donors (Lipinski definition) is 3. The molecule has 1 atom stereocenters. The Morgan fingerprint density at radius 1 is 0.875 bits per heavy atom. The second-order valence-electron chi connectivity index (χ2n) is 18.0. The highest BCUT2D eigenvalue weighted by Crippen LogP contribution is 2.39. The van der Waals surface area contributed by atoms with Gasteiger partial charge in [0.1, 0.15) is 17.3 Å². The molecule has 3 aromatic carbocycles. The van der Waals surface area contributed by atoms with E-state index in [1.54, 1.807) is 15.6 Å². The Bertz CT molecular complexity index is 2670. The van der Waals surface area contributed by atoms with Crippen LogP contribution in [0.5, 0.6) is 0 Å². The molecule has 17 heteroatoms. The largest absolute Gasteiger partial charge is 0.401 e. The maximum absolute atomic E-state index is 13.4.